The molecule has 0 bridgehead atoms. The van der Waals surface area contributed by atoms with E-state index in [-0.39, 0.29) is 0 Å². The highest BCUT2D eigenvalue weighted by molar-refractivity contribution is 5.70. The summed E-state index contributed by atoms with van der Waals surface area (Å²) in [5.41, 5.74) is 4.33. The van der Waals surface area contributed by atoms with Gasteiger partial charge in [0.25, 0.3) is 0 Å². The maximum absolute atomic E-state index is 4.14. The predicted octanol–water partition coefficient (Wildman–Crippen LogP) is 3.54. The molecule has 0 saturated carbocycles. The van der Waals surface area contributed by atoms with Gasteiger partial charge < -0.3 is 0 Å². The summed E-state index contributed by atoms with van der Waals surface area (Å²) in [4.78, 5) is 0. The minimum absolute atomic E-state index is 0.850. The summed E-state index contributed by atoms with van der Waals surface area (Å²) in [7, 11) is 0. The third-order valence-electron chi connectivity index (χ3n) is 2.69. The number of H-pyrrole nitrogens is 1. The lowest BCUT2D eigenvalue weighted by Gasteiger charge is -2.03. The average molecular weight is 219 g/mol. The van der Waals surface area contributed by atoms with E-state index in [4.69, 9.17) is 0 Å². The van der Waals surface area contributed by atoms with E-state index in [1.54, 1.807) is 6.20 Å². The van der Waals surface area contributed by atoms with Crippen LogP contribution in [-0.2, 0) is 0 Å². The number of rotatable bonds is 2. The normalized spacial score (nSPS) is 10.4. The monoisotopic (exact) mass is 219 g/mol. The molecule has 3 rings (SSSR count). The second-order valence-electron chi connectivity index (χ2n) is 3.83. The van der Waals surface area contributed by atoms with Crippen molar-refractivity contribution in [2.75, 3.05) is 0 Å². The molecule has 81 valence electrons. The van der Waals surface area contributed by atoms with E-state index in [1.807, 2.05) is 30.3 Å². The van der Waals surface area contributed by atoms with Crippen LogP contribution < -0.4 is 0 Å². The summed E-state index contributed by atoms with van der Waals surface area (Å²) in [6, 6.07) is 21.7. The van der Waals surface area contributed by atoms with Crippen molar-refractivity contribution in [3.63, 3.8) is 0 Å². The molecule has 0 unspecified atom stereocenters. The first-order valence-electron chi connectivity index (χ1n) is 5.51. The predicted molar refractivity (Wildman–Crippen MR) is 68.3 cm³/mol. The van der Waals surface area contributed by atoms with Gasteiger partial charge in [0.05, 0.1) is 0 Å². The zero-order valence-electron chi connectivity index (χ0n) is 9.22. The number of aromatic nitrogens is 2. The molecule has 2 nitrogen and oxygen atoms in total. The summed E-state index contributed by atoms with van der Waals surface area (Å²) in [6.07, 6.45) is 1.71. The van der Waals surface area contributed by atoms with E-state index >= 15 is 0 Å². The summed E-state index contributed by atoms with van der Waals surface area (Å²) >= 11 is 0. The van der Waals surface area contributed by atoms with Crippen LogP contribution in [0, 0.1) is 6.07 Å². The first kappa shape index (κ1) is 9.85. The van der Waals surface area contributed by atoms with Crippen LogP contribution in [0.15, 0.2) is 60.8 Å². The van der Waals surface area contributed by atoms with Crippen molar-refractivity contribution in [2.24, 2.45) is 0 Å². The Kier molecular flexibility index (Phi) is 2.47. The van der Waals surface area contributed by atoms with E-state index in [0.717, 1.165) is 11.3 Å². The second kappa shape index (κ2) is 4.26. The Balaban J connectivity index is 2.06. The molecule has 1 N–H and O–H groups in total. The highest BCUT2D eigenvalue weighted by atomic mass is 15.1. The topological polar surface area (TPSA) is 28.7 Å². The van der Waals surface area contributed by atoms with Crippen LogP contribution in [-0.4, -0.2) is 10.2 Å². The fraction of sp³-hybridized carbons (Fsp3) is 0. The van der Waals surface area contributed by atoms with E-state index in [9.17, 15) is 0 Å². The molecule has 0 fully saturated rings. The van der Waals surface area contributed by atoms with Crippen molar-refractivity contribution in [2.45, 2.75) is 0 Å². The largest absolute Gasteiger partial charge is 0.284 e. The Hall–Kier alpha value is -2.35. The smallest absolute Gasteiger partial charge is 0.100 e. The van der Waals surface area contributed by atoms with E-state index in [0.29, 0.717) is 0 Å². The van der Waals surface area contributed by atoms with Gasteiger partial charge in [0.2, 0.25) is 0 Å². The maximum atomic E-state index is 4.14. The number of hydrogen-bond donors (Lipinski definition) is 1. The van der Waals surface area contributed by atoms with Gasteiger partial charge in [0.1, 0.15) is 5.69 Å². The lowest BCUT2D eigenvalue weighted by Crippen LogP contribution is -1.81. The summed E-state index contributed by atoms with van der Waals surface area (Å²) in [6.45, 7) is 0. The van der Waals surface area contributed by atoms with E-state index in [1.165, 1.54) is 11.1 Å². The van der Waals surface area contributed by atoms with Gasteiger partial charge in [-0.25, -0.2) is 0 Å². The van der Waals surface area contributed by atoms with Crippen LogP contribution in [0.4, 0.5) is 0 Å². The first-order valence-corrected chi connectivity index (χ1v) is 5.51. The van der Waals surface area contributed by atoms with Crippen LogP contribution in [0.25, 0.3) is 22.4 Å². The second-order valence-corrected chi connectivity index (χ2v) is 3.83. The summed E-state index contributed by atoms with van der Waals surface area (Å²) in [5, 5.41) is 6.92. The zero-order valence-corrected chi connectivity index (χ0v) is 9.22. The fourth-order valence-corrected chi connectivity index (χ4v) is 1.85. The Morgan fingerprint density at radius 2 is 1.59 bits per heavy atom. The van der Waals surface area contributed by atoms with Crippen LogP contribution in [0.2, 0.25) is 0 Å². The number of nitrogens with one attached hydrogen (secondary N) is 1. The molecular weight excluding hydrogens is 208 g/mol. The van der Waals surface area contributed by atoms with Crippen molar-refractivity contribution in [1.82, 2.24) is 10.2 Å². The molecule has 0 aliphatic carbocycles. The molecular formula is C15H11N2. The van der Waals surface area contributed by atoms with Gasteiger partial charge in [0.15, 0.2) is 0 Å². The SMILES string of the molecule is [c]1c[nH]nc1-c1cccc(-c2ccccc2)c1. The molecule has 0 spiro atoms. The highest BCUT2D eigenvalue weighted by Gasteiger charge is 2.02. The lowest BCUT2D eigenvalue weighted by atomic mass is 10.0. The minimum Gasteiger partial charge on any atom is -0.284 e. The molecule has 0 amide bonds. The van der Waals surface area contributed by atoms with Crippen molar-refractivity contribution in [3.8, 4) is 22.4 Å². The molecule has 0 aliphatic heterocycles. The Morgan fingerprint density at radius 3 is 2.35 bits per heavy atom. The number of nitrogens with zero attached hydrogens (tertiary/aromatic N) is 1. The van der Waals surface area contributed by atoms with Gasteiger partial charge in [-0.2, -0.15) is 5.10 Å². The molecule has 2 aromatic carbocycles. The number of aromatic amines is 1. The van der Waals surface area contributed by atoms with Gasteiger partial charge in [-0.3, -0.25) is 5.10 Å². The fourth-order valence-electron chi connectivity index (χ4n) is 1.85. The molecule has 17 heavy (non-hydrogen) atoms. The molecule has 2 heteroatoms. The summed E-state index contributed by atoms with van der Waals surface area (Å²) in [5.74, 6) is 0. The van der Waals surface area contributed by atoms with Gasteiger partial charge in [0, 0.05) is 17.8 Å². The van der Waals surface area contributed by atoms with E-state index in [2.05, 4.69) is 40.5 Å². The van der Waals surface area contributed by atoms with E-state index < -0.39 is 0 Å². The van der Waals surface area contributed by atoms with Gasteiger partial charge in [-0.15, -0.1) is 0 Å². The first-order chi connectivity index (χ1) is 8.43. The van der Waals surface area contributed by atoms with Crippen LogP contribution in [0.3, 0.4) is 0 Å². The molecule has 0 atom stereocenters. The van der Waals surface area contributed by atoms with Crippen molar-refractivity contribution in [3.05, 3.63) is 66.9 Å². The number of hydrogen-bond acceptors (Lipinski definition) is 1. The Labute approximate surface area is 99.9 Å². The Morgan fingerprint density at radius 1 is 0.824 bits per heavy atom. The Bertz CT molecular complexity index is 598. The third-order valence-corrected chi connectivity index (χ3v) is 2.69. The lowest BCUT2D eigenvalue weighted by molar-refractivity contribution is 1.10. The molecule has 1 heterocycles. The minimum atomic E-state index is 0.850. The standard InChI is InChI=1S/C15H11N2/c1-2-5-12(6-3-1)13-7-4-8-14(11-13)15-9-10-16-17-15/h1-8,10-11H,(H,16,17). The van der Waals surface area contributed by atoms with Crippen molar-refractivity contribution in [1.29, 1.82) is 0 Å². The highest BCUT2D eigenvalue weighted by Crippen LogP contribution is 2.24. The third kappa shape index (κ3) is 1.97. The van der Waals surface area contributed by atoms with Crippen molar-refractivity contribution < 1.29 is 0 Å². The van der Waals surface area contributed by atoms with Gasteiger partial charge in [-0.1, -0.05) is 48.5 Å². The van der Waals surface area contributed by atoms with Crippen LogP contribution in [0.5, 0.6) is 0 Å². The average Bonchev–Trinajstić information content (AvgIpc) is 2.94. The van der Waals surface area contributed by atoms with Gasteiger partial charge >= 0.3 is 0 Å². The molecule has 1 aromatic heterocycles. The zero-order chi connectivity index (χ0) is 11.5. The van der Waals surface area contributed by atoms with Crippen LogP contribution >= 0.6 is 0 Å². The quantitative estimate of drug-likeness (QED) is 0.701. The van der Waals surface area contributed by atoms with Crippen molar-refractivity contribution >= 4 is 0 Å². The summed E-state index contributed by atoms with van der Waals surface area (Å²) < 4.78 is 0. The molecule has 0 saturated heterocycles. The molecule has 3 aromatic rings. The maximum Gasteiger partial charge on any atom is 0.100 e. The molecule has 0 aliphatic rings. The number of benzene rings is 2. The van der Waals surface area contributed by atoms with Crippen LogP contribution in [0.1, 0.15) is 0 Å². The van der Waals surface area contributed by atoms with Gasteiger partial charge in [-0.05, 0) is 17.2 Å². The molecule has 1 radical (unpaired) electrons.